The number of nitrogens with two attached hydrogens (primary N) is 7. The van der Waals surface area contributed by atoms with Crippen LogP contribution in [-0.2, 0) is 0 Å². The molecule has 0 aliphatic carbocycles. The van der Waals surface area contributed by atoms with Crippen molar-refractivity contribution in [1.29, 1.82) is 0 Å². The van der Waals surface area contributed by atoms with Crippen LogP contribution in [0, 0.1) is 0 Å². The summed E-state index contributed by atoms with van der Waals surface area (Å²) in [5.41, 5.74) is 28.6. The van der Waals surface area contributed by atoms with Crippen LogP contribution < -0.4 is 40.4 Å². The lowest BCUT2D eigenvalue weighted by Crippen LogP contribution is -2.45. The fourth-order valence-corrected chi connectivity index (χ4v) is 3.94. The van der Waals surface area contributed by atoms with E-state index in [2.05, 4.69) is 4.90 Å². The number of hydrogen-bond acceptors (Lipinski definition) is 10. The Morgan fingerprint density at radius 1 is 0.419 bits per heavy atom. The van der Waals surface area contributed by atoms with Gasteiger partial charge in [-0.25, -0.2) is 10.0 Å². The predicted octanol–water partition coefficient (Wildman–Crippen LogP) is -1.32. The molecule has 2 unspecified atom stereocenters. The molecule has 10 nitrogen and oxygen atoms in total. The molecule has 0 saturated carbocycles. The maximum absolute atomic E-state index is 6.44. The Morgan fingerprint density at radius 2 is 0.839 bits per heavy atom. The first kappa shape index (κ1) is 30.6. The molecule has 0 aromatic carbocycles. The van der Waals surface area contributed by atoms with Gasteiger partial charge >= 0.3 is 0 Å². The maximum Gasteiger partial charge on any atom is 0.0253 e. The molecule has 0 aliphatic rings. The summed E-state index contributed by atoms with van der Waals surface area (Å²) in [7, 11) is 0. The Bertz CT molecular complexity index is 366. The van der Waals surface area contributed by atoms with E-state index >= 15 is 0 Å². The van der Waals surface area contributed by atoms with E-state index in [1.165, 1.54) is 0 Å². The second kappa shape index (κ2) is 21.4. The third kappa shape index (κ3) is 15.9. The van der Waals surface area contributed by atoms with E-state index in [9.17, 15) is 0 Å². The van der Waals surface area contributed by atoms with Crippen LogP contribution in [0.15, 0.2) is 0 Å². The molecule has 0 bridgehead atoms. The van der Waals surface area contributed by atoms with Crippen molar-refractivity contribution in [2.45, 2.75) is 69.9 Å². The molecule has 2 atom stereocenters. The van der Waals surface area contributed by atoms with Gasteiger partial charge in [-0.15, -0.1) is 0 Å². The van der Waals surface area contributed by atoms with Crippen molar-refractivity contribution in [1.82, 2.24) is 14.9 Å². The summed E-state index contributed by atoms with van der Waals surface area (Å²) in [6.45, 7) is 8.03. The van der Waals surface area contributed by atoms with Crippen LogP contribution in [-0.4, -0.2) is 92.4 Å². The Kier molecular flexibility index (Phi) is 21.2. The first-order valence-corrected chi connectivity index (χ1v) is 12.3. The molecule has 188 valence electrons. The van der Waals surface area contributed by atoms with Gasteiger partial charge in [0.25, 0.3) is 0 Å². The average Bonchev–Trinajstić information content (AvgIpc) is 2.78. The fraction of sp³-hybridized carbons (Fsp3) is 1.00. The van der Waals surface area contributed by atoms with E-state index in [1.807, 2.05) is 10.0 Å². The van der Waals surface area contributed by atoms with Gasteiger partial charge in [-0.3, -0.25) is 11.7 Å². The van der Waals surface area contributed by atoms with Crippen molar-refractivity contribution in [3.8, 4) is 0 Å². The number of hydrazine groups is 2. The van der Waals surface area contributed by atoms with Gasteiger partial charge in [0.1, 0.15) is 0 Å². The second-order valence-electron chi connectivity index (χ2n) is 8.49. The molecule has 14 N–H and O–H groups in total. The summed E-state index contributed by atoms with van der Waals surface area (Å²) >= 11 is 0. The van der Waals surface area contributed by atoms with Crippen molar-refractivity contribution in [3.05, 3.63) is 0 Å². The normalized spacial score (nSPS) is 14.1. The first-order valence-electron chi connectivity index (χ1n) is 12.3. The van der Waals surface area contributed by atoms with E-state index in [0.29, 0.717) is 38.8 Å². The Balaban J connectivity index is 4.78. The molecule has 0 heterocycles. The second-order valence-corrected chi connectivity index (χ2v) is 8.49. The van der Waals surface area contributed by atoms with Gasteiger partial charge in [0.15, 0.2) is 0 Å². The van der Waals surface area contributed by atoms with Gasteiger partial charge in [0.2, 0.25) is 0 Å². The Labute approximate surface area is 191 Å². The molecule has 0 saturated heterocycles. The van der Waals surface area contributed by atoms with Crippen LogP contribution in [0.25, 0.3) is 0 Å². The standard InChI is InChI=1S/C21H54N10/c22-10-2-15-29(16-3-11-23)19-9-21(31(28)18-5-13-25)7-1-6-20(8-14-26)30(27)17-4-12-24/h20-21H,1-19,22-28H2. The van der Waals surface area contributed by atoms with Crippen LogP contribution in [0.3, 0.4) is 0 Å². The molecule has 10 heteroatoms. The van der Waals surface area contributed by atoms with Crippen molar-refractivity contribution in [2.75, 3.05) is 65.4 Å². The molecule has 0 radical (unpaired) electrons. The minimum atomic E-state index is 0.290. The lowest BCUT2D eigenvalue weighted by atomic mass is 10.00. The quantitative estimate of drug-likeness (QED) is 0.0731. The summed E-state index contributed by atoms with van der Waals surface area (Å²) in [5.74, 6) is 12.7. The van der Waals surface area contributed by atoms with Gasteiger partial charge in [-0.05, 0) is 104 Å². The Hall–Kier alpha value is -0.400. The zero-order valence-electron chi connectivity index (χ0n) is 20.0. The molecule has 31 heavy (non-hydrogen) atoms. The monoisotopic (exact) mass is 446 g/mol. The molecular formula is C21H54N10. The topological polar surface area (TPSA) is 192 Å². The zero-order chi connectivity index (χ0) is 23.3. The van der Waals surface area contributed by atoms with Crippen LogP contribution in [0.2, 0.25) is 0 Å². The molecule has 0 spiro atoms. The number of hydrogen-bond donors (Lipinski definition) is 7. The van der Waals surface area contributed by atoms with E-state index in [1.54, 1.807) is 0 Å². The molecule has 0 amide bonds. The molecule has 0 rings (SSSR count). The van der Waals surface area contributed by atoms with E-state index in [4.69, 9.17) is 40.4 Å². The summed E-state index contributed by atoms with van der Waals surface area (Å²) in [6, 6.07) is 0.608. The highest BCUT2D eigenvalue weighted by Gasteiger charge is 2.19. The van der Waals surface area contributed by atoms with Crippen LogP contribution in [0.5, 0.6) is 0 Å². The Morgan fingerprint density at radius 3 is 1.26 bits per heavy atom. The third-order valence-electron chi connectivity index (χ3n) is 5.89. The average molecular weight is 447 g/mol. The van der Waals surface area contributed by atoms with E-state index in [0.717, 1.165) is 90.5 Å². The lowest BCUT2D eigenvalue weighted by Gasteiger charge is -2.32. The third-order valence-corrected chi connectivity index (χ3v) is 5.89. The lowest BCUT2D eigenvalue weighted by molar-refractivity contribution is 0.141. The van der Waals surface area contributed by atoms with Crippen molar-refractivity contribution >= 4 is 0 Å². The predicted molar refractivity (Wildman–Crippen MR) is 133 cm³/mol. The highest BCUT2D eigenvalue weighted by Crippen LogP contribution is 2.16. The van der Waals surface area contributed by atoms with Gasteiger partial charge in [-0.2, -0.15) is 0 Å². The van der Waals surface area contributed by atoms with Crippen molar-refractivity contribution < 1.29 is 0 Å². The molecule has 0 aromatic rings. The van der Waals surface area contributed by atoms with Gasteiger partial charge < -0.3 is 33.6 Å². The fourth-order valence-electron chi connectivity index (χ4n) is 3.94. The van der Waals surface area contributed by atoms with Crippen LogP contribution in [0.1, 0.15) is 57.8 Å². The first-order chi connectivity index (χ1) is 15.0. The van der Waals surface area contributed by atoms with Gasteiger partial charge in [0.05, 0.1) is 0 Å². The molecular weight excluding hydrogens is 392 g/mol. The maximum atomic E-state index is 6.44. The van der Waals surface area contributed by atoms with Gasteiger partial charge in [0, 0.05) is 25.2 Å². The number of rotatable bonds is 23. The highest BCUT2D eigenvalue weighted by atomic mass is 15.4. The smallest absolute Gasteiger partial charge is 0.0253 e. The SMILES string of the molecule is NCCCN(CCCN)CCC(CCCC(CCN)N(N)CCCN)N(N)CCCN. The van der Waals surface area contributed by atoms with Gasteiger partial charge in [-0.1, -0.05) is 6.42 Å². The number of nitrogens with zero attached hydrogens (tertiary/aromatic N) is 3. The highest BCUT2D eigenvalue weighted by molar-refractivity contribution is 4.75. The summed E-state index contributed by atoms with van der Waals surface area (Å²) < 4.78 is 0. The molecule has 0 aromatic heterocycles. The zero-order valence-corrected chi connectivity index (χ0v) is 20.0. The minimum absolute atomic E-state index is 0.290. The summed E-state index contributed by atoms with van der Waals surface area (Å²) in [5, 5.41) is 3.91. The largest absolute Gasteiger partial charge is 0.330 e. The van der Waals surface area contributed by atoms with E-state index in [-0.39, 0.29) is 6.04 Å². The van der Waals surface area contributed by atoms with Crippen molar-refractivity contribution in [2.24, 2.45) is 40.4 Å². The van der Waals surface area contributed by atoms with Crippen LogP contribution in [0.4, 0.5) is 0 Å². The van der Waals surface area contributed by atoms with Crippen molar-refractivity contribution in [3.63, 3.8) is 0 Å². The minimum Gasteiger partial charge on any atom is -0.330 e. The van der Waals surface area contributed by atoms with Crippen LogP contribution >= 0.6 is 0 Å². The molecule has 0 aliphatic heterocycles. The summed E-state index contributed by atoms with van der Waals surface area (Å²) in [6.07, 6.45) is 8.86. The van der Waals surface area contributed by atoms with E-state index < -0.39 is 0 Å². The molecule has 0 fully saturated rings. The summed E-state index contributed by atoms with van der Waals surface area (Å²) in [4.78, 5) is 2.47.